The first-order valence-electron chi connectivity index (χ1n) is 30.2. The minimum absolute atomic E-state index is 0.0604. The van der Waals surface area contributed by atoms with Gasteiger partial charge in [-0.3, -0.25) is 52.7 Å². The average molecular weight is 1300 g/mol. The third-order valence-corrected chi connectivity index (χ3v) is 15.4. The molecule has 1 aromatic heterocycles. The number of phenols is 3. The molecule has 0 radical (unpaired) electrons. The van der Waals surface area contributed by atoms with Gasteiger partial charge in [0.05, 0.1) is 25.7 Å². The molecule has 0 aliphatic rings. The number of aromatic amines is 1. The lowest BCUT2D eigenvalue weighted by Crippen LogP contribution is -2.62. The summed E-state index contributed by atoms with van der Waals surface area (Å²) >= 11 is 0. The van der Waals surface area contributed by atoms with E-state index in [0.717, 1.165) is 0 Å². The highest BCUT2D eigenvalue weighted by molar-refractivity contribution is 6.00. The van der Waals surface area contributed by atoms with Gasteiger partial charge in [0, 0.05) is 44.0 Å². The third kappa shape index (κ3) is 23.7. The van der Waals surface area contributed by atoms with Crippen molar-refractivity contribution in [3.63, 3.8) is 0 Å². The van der Waals surface area contributed by atoms with E-state index in [1.165, 1.54) is 85.3 Å². The van der Waals surface area contributed by atoms with Crippen molar-refractivity contribution in [2.45, 2.75) is 140 Å². The number of carbonyl (C=O) groups excluding carboxylic acids is 11. The predicted octanol–water partition coefficient (Wildman–Crippen LogP) is -1.71. The molecule has 1 heterocycles. The van der Waals surface area contributed by atoms with Crippen LogP contribution in [0.4, 0.5) is 0 Å². The number of nitrogens with one attached hydrogen (secondary N) is 10. The molecule has 504 valence electrons. The molecule has 0 spiro atoms. The summed E-state index contributed by atoms with van der Waals surface area (Å²) in [6.45, 7) is 6.13. The fourth-order valence-corrected chi connectivity index (χ4v) is 9.70. The van der Waals surface area contributed by atoms with E-state index < -0.39 is 163 Å². The van der Waals surface area contributed by atoms with Gasteiger partial charge in [0.2, 0.25) is 65.0 Å². The summed E-state index contributed by atoms with van der Waals surface area (Å²) in [4.78, 5) is 172. The second-order valence-corrected chi connectivity index (χ2v) is 22.7. The Morgan fingerprint density at radius 2 is 0.745 bits per heavy atom. The van der Waals surface area contributed by atoms with Crippen molar-refractivity contribution < 1.29 is 78.0 Å². The van der Waals surface area contributed by atoms with Crippen molar-refractivity contribution in [3.05, 3.63) is 144 Å². The van der Waals surface area contributed by atoms with E-state index in [1.54, 1.807) is 58.0 Å². The van der Waals surface area contributed by atoms with Gasteiger partial charge in [-0.15, -0.1) is 0 Å². The summed E-state index contributed by atoms with van der Waals surface area (Å²) in [6, 6.07) is 10.6. The average Bonchev–Trinajstić information content (AvgIpc) is 0.902. The van der Waals surface area contributed by atoms with Crippen LogP contribution in [0.25, 0.3) is 0 Å². The monoisotopic (exact) mass is 1300 g/mol. The molecule has 0 saturated heterocycles. The van der Waals surface area contributed by atoms with Crippen molar-refractivity contribution in [2.24, 2.45) is 29.0 Å². The third-order valence-electron chi connectivity index (χ3n) is 15.4. The van der Waals surface area contributed by atoms with Crippen LogP contribution in [0.15, 0.2) is 116 Å². The lowest BCUT2D eigenvalue weighted by molar-refractivity contribution is -0.142. The Labute approximate surface area is 541 Å². The number of imidazole rings is 1. The van der Waals surface area contributed by atoms with Gasteiger partial charge in [-0.1, -0.05) is 107 Å². The van der Waals surface area contributed by atoms with E-state index in [1.807, 2.05) is 0 Å². The second-order valence-electron chi connectivity index (χ2n) is 22.7. The number of carboxylic acids is 1. The number of amides is 11. The molecule has 0 bridgehead atoms. The first kappa shape index (κ1) is 73.8. The van der Waals surface area contributed by atoms with Crippen LogP contribution in [0, 0.1) is 11.8 Å². The van der Waals surface area contributed by atoms with Crippen LogP contribution in [0.2, 0.25) is 0 Å². The Morgan fingerprint density at radius 1 is 0.426 bits per heavy atom. The first-order chi connectivity index (χ1) is 44.7. The Hall–Kier alpha value is -10.9. The lowest BCUT2D eigenvalue weighted by Gasteiger charge is -2.30. The van der Waals surface area contributed by atoms with Gasteiger partial charge in [-0.05, 0) is 70.5 Å². The smallest absolute Gasteiger partial charge is 0.326 e. The molecule has 11 atom stereocenters. The van der Waals surface area contributed by atoms with Crippen molar-refractivity contribution in [3.8, 4) is 17.2 Å². The van der Waals surface area contributed by atoms with E-state index in [9.17, 15) is 78.0 Å². The van der Waals surface area contributed by atoms with Crippen LogP contribution in [0.5, 0.6) is 17.2 Å². The highest BCUT2D eigenvalue weighted by Gasteiger charge is 2.38. The van der Waals surface area contributed by atoms with Crippen LogP contribution in [-0.2, 0) is 89.6 Å². The molecule has 0 saturated carbocycles. The molecule has 11 amide bonds. The number of aliphatic carboxylic acids is 1. The summed E-state index contributed by atoms with van der Waals surface area (Å²) in [5.41, 5.74) is 18.8. The molecule has 5 aromatic rings. The van der Waals surface area contributed by atoms with Crippen molar-refractivity contribution in [2.75, 3.05) is 6.54 Å². The number of primary amides is 2. The Balaban J connectivity index is 1.46. The molecule has 20 N–H and O–H groups in total. The number of hydrogen-bond donors (Lipinski definition) is 17. The van der Waals surface area contributed by atoms with Gasteiger partial charge in [0.25, 0.3) is 0 Å². The van der Waals surface area contributed by atoms with Crippen LogP contribution >= 0.6 is 0 Å². The molecule has 0 fully saturated rings. The standard InChI is InChI=1S/C64H82N14O16/c1-5-34(3)54(78-61(90)49(30-52(67)83)74-56(85)44(70-53(84)31-65)24-36-10-8-7-9-11-36)62(91)75-46(26-38-14-20-42(80)21-15-38)58(87)71-45(25-37-12-18-41(79)19-13-37)57(86)73-48(29-51(66)82)59(88)72-47(27-39-16-22-43(81)23-17-39)60(89)77-55(35(4)6-2)63(92)76-50(64(93)94)28-40-32-68-33-69-40/h7-23,32-35,44-50,54-55,79-81H,5-6,24-31,65H2,1-4H3,(H2,66,82)(H2,67,83)(H,68,69)(H,70,84)(H,71,87)(H,72,88)(H,73,86)(H,74,85)(H,75,91)(H,76,92)(H,77,89)(H,78,90)(H,93,94)/t34-,35-,44-,45-,46-,47-,48-,49-,50-,54-,55-/m0/s1. The van der Waals surface area contributed by atoms with Gasteiger partial charge in [0.15, 0.2) is 0 Å². The number of aromatic nitrogens is 2. The minimum Gasteiger partial charge on any atom is -0.508 e. The SMILES string of the molecule is CC[C@H](C)[C@H](NC(=O)[C@H](Cc1ccc(O)cc1)NC(=O)[C@H](CC(N)=O)NC(=O)[C@H](Cc1ccc(O)cc1)NC(=O)[C@H](Cc1ccc(O)cc1)NC(=O)[C@@H](NC(=O)[C@H](CC(N)=O)NC(=O)[C@H](Cc1ccccc1)NC(=O)CN)[C@@H](C)CC)C(=O)N[C@@H](Cc1cnc[nH]1)C(=O)O. The molecule has 94 heavy (non-hydrogen) atoms. The molecule has 0 aliphatic carbocycles. The van der Waals surface area contributed by atoms with Gasteiger partial charge >= 0.3 is 5.97 Å². The number of aromatic hydroxyl groups is 3. The van der Waals surface area contributed by atoms with Crippen molar-refractivity contribution in [1.29, 1.82) is 0 Å². The van der Waals surface area contributed by atoms with E-state index >= 15 is 0 Å². The molecule has 30 nitrogen and oxygen atoms in total. The van der Waals surface area contributed by atoms with Crippen LogP contribution in [0.3, 0.4) is 0 Å². The van der Waals surface area contributed by atoms with Gasteiger partial charge in [-0.2, -0.15) is 0 Å². The maximum Gasteiger partial charge on any atom is 0.326 e. The summed E-state index contributed by atoms with van der Waals surface area (Å²) in [5.74, 6) is -14.2. The molecular weight excluding hydrogens is 1220 g/mol. The second kappa shape index (κ2) is 36.2. The number of nitrogens with two attached hydrogens (primary N) is 3. The summed E-state index contributed by atoms with van der Waals surface area (Å²) in [5, 5.41) is 63.2. The largest absolute Gasteiger partial charge is 0.508 e. The number of phenolic OH excluding ortho intramolecular Hbond substituents is 3. The molecule has 5 rings (SSSR count). The number of rotatable bonds is 37. The zero-order chi connectivity index (χ0) is 69.2. The number of carbonyl (C=O) groups is 12. The molecule has 0 aliphatic heterocycles. The van der Waals surface area contributed by atoms with Crippen LogP contribution in [0.1, 0.15) is 81.3 Å². The number of H-pyrrole nitrogens is 1. The zero-order valence-electron chi connectivity index (χ0n) is 52.3. The highest BCUT2D eigenvalue weighted by atomic mass is 16.4. The highest BCUT2D eigenvalue weighted by Crippen LogP contribution is 2.18. The van der Waals surface area contributed by atoms with E-state index in [0.29, 0.717) is 34.4 Å². The molecular formula is C64H82N14O16. The Bertz CT molecular complexity index is 3410. The Morgan fingerprint density at radius 3 is 1.09 bits per heavy atom. The summed E-state index contributed by atoms with van der Waals surface area (Å²) in [6.07, 6.45) is 0.233. The maximum absolute atomic E-state index is 14.9. The van der Waals surface area contributed by atoms with Gasteiger partial charge in [-0.25, -0.2) is 9.78 Å². The first-order valence-corrected chi connectivity index (χ1v) is 30.2. The molecule has 4 aromatic carbocycles. The lowest BCUT2D eigenvalue weighted by atomic mass is 9.96. The summed E-state index contributed by atoms with van der Waals surface area (Å²) in [7, 11) is 0. The number of benzene rings is 4. The normalized spacial score (nSPS) is 14.5. The van der Waals surface area contributed by atoms with E-state index in [-0.39, 0.29) is 49.4 Å². The van der Waals surface area contributed by atoms with Crippen LogP contribution in [-0.4, -0.2) is 162 Å². The number of carboxylic acid groups (broad SMARTS) is 1. The molecule has 0 unspecified atom stereocenters. The maximum atomic E-state index is 14.9. The van der Waals surface area contributed by atoms with Crippen molar-refractivity contribution >= 4 is 70.9 Å². The fraction of sp³-hybridized carbons (Fsp3) is 0.391. The number of nitrogens with zero attached hydrogens (tertiary/aromatic N) is 1. The van der Waals surface area contributed by atoms with Crippen molar-refractivity contribution in [1.82, 2.24) is 57.8 Å². The fourth-order valence-electron chi connectivity index (χ4n) is 9.70. The zero-order valence-corrected chi connectivity index (χ0v) is 52.3. The van der Waals surface area contributed by atoms with E-state index in [4.69, 9.17) is 17.2 Å². The topological polar surface area (TPSA) is 501 Å². The minimum atomic E-state index is -1.90. The van der Waals surface area contributed by atoms with E-state index in [2.05, 4.69) is 57.8 Å². The Kier molecular flexibility index (Phi) is 28.4. The van der Waals surface area contributed by atoms with Gasteiger partial charge < -0.3 is 90.5 Å². The number of hydrogen-bond acceptors (Lipinski definition) is 17. The molecule has 30 heteroatoms. The predicted molar refractivity (Wildman–Crippen MR) is 338 cm³/mol. The quantitative estimate of drug-likeness (QED) is 0.0210. The van der Waals surface area contributed by atoms with Gasteiger partial charge in [0.1, 0.15) is 71.6 Å². The summed E-state index contributed by atoms with van der Waals surface area (Å²) < 4.78 is 0. The van der Waals surface area contributed by atoms with Crippen LogP contribution < -0.4 is 65.1 Å².